The Bertz CT molecular complexity index is 883. The highest BCUT2D eigenvalue weighted by Gasteiger charge is 2.49. The molecule has 7 heteroatoms. The van der Waals surface area contributed by atoms with Crippen molar-refractivity contribution in [2.45, 2.75) is 25.3 Å². The van der Waals surface area contributed by atoms with Crippen LogP contribution in [-0.4, -0.2) is 42.9 Å². The first-order chi connectivity index (χ1) is 13.9. The third kappa shape index (κ3) is 4.56. The van der Waals surface area contributed by atoms with Crippen LogP contribution in [0.25, 0.3) is 0 Å². The molecule has 0 spiro atoms. The molecule has 0 unspecified atom stereocenters. The van der Waals surface area contributed by atoms with E-state index in [2.05, 4.69) is 10.6 Å². The summed E-state index contributed by atoms with van der Waals surface area (Å²) in [5, 5.41) is 5.47. The maximum absolute atomic E-state index is 12.9. The van der Waals surface area contributed by atoms with E-state index in [4.69, 9.17) is 4.74 Å². The lowest BCUT2D eigenvalue weighted by molar-refractivity contribution is -0.134. The minimum Gasteiger partial charge on any atom is -0.497 e. The molecular weight excluding hydrogens is 370 g/mol. The molecule has 3 rings (SSSR count). The molecule has 1 saturated heterocycles. The summed E-state index contributed by atoms with van der Waals surface area (Å²) in [6, 6.07) is 16.3. The second-order valence-electron chi connectivity index (χ2n) is 7.11. The number of benzene rings is 2. The van der Waals surface area contributed by atoms with Gasteiger partial charge in [-0.3, -0.25) is 14.5 Å². The normalized spacial score (nSPS) is 18.5. The second kappa shape index (κ2) is 8.77. The first kappa shape index (κ1) is 20.4. The van der Waals surface area contributed by atoms with Crippen LogP contribution in [0.3, 0.4) is 0 Å². The number of carbonyl (C=O) groups is 3. The number of amides is 4. The van der Waals surface area contributed by atoms with Gasteiger partial charge in [0, 0.05) is 6.54 Å². The van der Waals surface area contributed by atoms with Crippen molar-refractivity contribution >= 4 is 17.8 Å². The summed E-state index contributed by atoms with van der Waals surface area (Å²) in [5.41, 5.74) is 0.616. The van der Waals surface area contributed by atoms with Crippen molar-refractivity contribution in [3.8, 4) is 5.75 Å². The smallest absolute Gasteiger partial charge is 0.325 e. The van der Waals surface area contributed by atoms with Crippen LogP contribution in [0.2, 0.25) is 0 Å². The monoisotopic (exact) mass is 395 g/mol. The van der Waals surface area contributed by atoms with Crippen molar-refractivity contribution in [3.63, 3.8) is 0 Å². The van der Waals surface area contributed by atoms with Gasteiger partial charge in [-0.15, -0.1) is 0 Å². The minimum absolute atomic E-state index is 0.304. The molecule has 0 aliphatic carbocycles. The van der Waals surface area contributed by atoms with E-state index in [1.54, 1.807) is 38.3 Å². The van der Waals surface area contributed by atoms with Crippen molar-refractivity contribution in [1.29, 1.82) is 0 Å². The van der Waals surface area contributed by atoms with Crippen molar-refractivity contribution in [3.05, 3.63) is 65.7 Å². The quantitative estimate of drug-likeness (QED) is 0.530. The largest absolute Gasteiger partial charge is 0.497 e. The summed E-state index contributed by atoms with van der Waals surface area (Å²) in [6.45, 7) is 1.81. The fourth-order valence-corrected chi connectivity index (χ4v) is 3.33. The molecule has 0 radical (unpaired) electrons. The molecule has 1 heterocycles. The number of hydrogen-bond acceptors (Lipinski definition) is 4. The Balaban J connectivity index is 1.54. The number of nitrogens with zero attached hydrogens (tertiary/aromatic N) is 1. The number of imide groups is 1. The maximum atomic E-state index is 12.9. The number of hydrogen-bond donors (Lipinski definition) is 2. The lowest BCUT2D eigenvalue weighted by Crippen LogP contribution is -2.43. The van der Waals surface area contributed by atoms with Crippen LogP contribution in [0.15, 0.2) is 54.6 Å². The molecule has 1 aliphatic rings. The number of urea groups is 1. The van der Waals surface area contributed by atoms with Crippen LogP contribution >= 0.6 is 0 Å². The van der Waals surface area contributed by atoms with Crippen LogP contribution < -0.4 is 15.4 Å². The number of carbonyl (C=O) groups excluding carboxylic acids is 3. The third-order valence-electron chi connectivity index (χ3n) is 5.05. The Morgan fingerprint density at radius 1 is 1.10 bits per heavy atom. The van der Waals surface area contributed by atoms with Gasteiger partial charge < -0.3 is 15.4 Å². The van der Waals surface area contributed by atoms with Gasteiger partial charge in [0.15, 0.2) is 0 Å². The highest BCUT2D eigenvalue weighted by Crippen LogP contribution is 2.29. The van der Waals surface area contributed by atoms with Crippen LogP contribution in [0.5, 0.6) is 5.75 Å². The summed E-state index contributed by atoms with van der Waals surface area (Å²) in [7, 11) is 1.55. The van der Waals surface area contributed by atoms with Gasteiger partial charge in [-0.05, 0) is 43.0 Å². The van der Waals surface area contributed by atoms with E-state index >= 15 is 0 Å². The van der Waals surface area contributed by atoms with E-state index < -0.39 is 17.5 Å². The third-order valence-corrected chi connectivity index (χ3v) is 5.05. The number of rotatable bonds is 8. The van der Waals surface area contributed by atoms with Crippen molar-refractivity contribution in [1.82, 2.24) is 15.5 Å². The molecule has 2 aromatic rings. The molecular formula is C22H25N3O4. The zero-order valence-electron chi connectivity index (χ0n) is 16.6. The Kier molecular flexibility index (Phi) is 6.16. The fraction of sp³-hybridized carbons (Fsp3) is 0.318. The Morgan fingerprint density at radius 3 is 2.45 bits per heavy atom. The van der Waals surface area contributed by atoms with Crippen molar-refractivity contribution in [2.24, 2.45) is 0 Å². The van der Waals surface area contributed by atoms with Crippen LogP contribution in [0, 0.1) is 0 Å². The molecule has 1 aliphatic heterocycles. The molecule has 1 atom stereocenters. The zero-order valence-corrected chi connectivity index (χ0v) is 16.6. The van der Waals surface area contributed by atoms with Crippen LogP contribution in [0.4, 0.5) is 4.79 Å². The van der Waals surface area contributed by atoms with Crippen molar-refractivity contribution < 1.29 is 19.1 Å². The average molecular weight is 395 g/mol. The van der Waals surface area contributed by atoms with Crippen LogP contribution in [-0.2, 0) is 21.5 Å². The SMILES string of the molecule is COc1ccc([C@@]2(C)NC(=O)N(CC(=O)NCCCc3ccccc3)C2=O)cc1. The molecule has 0 bridgehead atoms. The Morgan fingerprint density at radius 2 is 1.79 bits per heavy atom. The number of ether oxygens (including phenoxy) is 1. The Hall–Kier alpha value is -3.35. The van der Waals surface area contributed by atoms with Gasteiger partial charge in [-0.25, -0.2) is 4.79 Å². The number of methoxy groups -OCH3 is 1. The minimum atomic E-state index is -1.21. The summed E-state index contributed by atoms with van der Waals surface area (Å²) in [5.74, 6) is -0.159. The predicted molar refractivity (Wildman–Crippen MR) is 108 cm³/mol. The Labute approximate surface area is 170 Å². The fourth-order valence-electron chi connectivity index (χ4n) is 3.33. The zero-order chi connectivity index (χ0) is 20.9. The van der Waals surface area contributed by atoms with E-state index in [0.717, 1.165) is 17.7 Å². The molecule has 152 valence electrons. The highest BCUT2D eigenvalue weighted by atomic mass is 16.5. The molecule has 2 aromatic carbocycles. The van der Waals surface area contributed by atoms with Gasteiger partial charge in [0.1, 0.15) is 17.8 Å². The summed E-state index contributed by atoms with van der Waals surface area (Å²) < 4.78 is 5.13. The van der Waals surface area contributed by atoms with E-state index in [9.17, 15) is 14.4 Å². The lowest BCUT2D eigenvalue weighted by atomic mass is 9.92. The molecule has 0 saturated carbocycles. The lowest BCUT2D eigenvalue weighted by Gasteiger charge is -2.22. The topological polar surface area (TPSA) is 87.7 Å². The molecule has 4 amide bonds. The van der Waals surface area contributed by atoms with E-state index in [-0.39, 0.29) is 12.5 Å². The van der Waals surface area contributed by atoms with Gasteiger partial charge in [0.2, 0.25) is 5.91 Å². The maximum Gasteiger partial charge on any atom is 0.325 e. The number of aryl methyl sites for hydroxylation is 1. The van der Waals surface area contributed by atoms with Gasteiger partial charge in [0.05, 0.1) is 7.11 Å². The first-order valence-electron chi connectivity index (χ1n) is 9.53. The molecule has 1 fully saturated rings. The first-order valence-corrected chi connectivity index (χ1v) is 9.53. The van der Waals surface area contributed by atoms with Crippen LogP contribution in [0.1, 0.15) is 24.5 Å². The van der Waals surface area contributed by atoms with Gasteiger partial charge >= 0.3 is 6.03 Å². The second-order valence-corrected chi connectivity index (χ2v) is 7.11. The highest BCUT2D eigenvalue weighted by molar-refractivity contribution is 6.09. The van der Waals surface area contributed by atoms with Gasteiger partial charge in [0.25, 0.3) is 5.91 Å². The average Bonchev–Trinajstić information content (AvgIpc) is 2.96. The standard InChI is InChI=1S/C22H25N3O4/c1-22(17-10-12-18(29-2)13-11-17)20(27)25(21(28)24-22)15-19(26)23-14-6-9-16-7-4-3-5-8-16/h3-5,7-8,10-13H,6,9,14-15H2,1-2H3,(H,23,26)(H,24,28)/t22-/m1/s1. The molecule has 2 N–H and O–H groups in total. The molecule has 0 aromatic heterocycles. The van der Waals surface area contributed by atoms with E-state index in [1.165, 1.54) is 5.56 Å². The van der Waals surface area contributed by atoms with E-state index in [0.29, 0.717) is 17.9 Å². The van der Waals surface area contributed by atoms with Gasteiger partial charge in [-0.2, -0.15) is 0 Å². The molecule has 7 nitrogen and oxygen atoms in total. The summed E-state index contributed by atoms with van der Waals surface area (Å²) in [4.78, 5) is 38.4. The van der Waals surface area contributed by atoms with Crippen molar-refractivity contribution in [2.75, 3.05) is 20.2 Å². The van der Waals surface area contributed by atoms with Gasteiger partial charge in [-0.1, -0.05) is 42.5 Å². The summed E-state index contributed by atoms with van der Waals surface area (Å²) in [6.07, 6.45) is 1.62. The van der Waals surface area contributed by atoms with E-state index in [1.807, 2.05) is 30.3 Å². The molecule has 29 heavy (non-hydrogen) atoms. The number of nitrogens with one attached hydrogen (secondary N) is 2. The predicted octanol–water partition coefficient (Wildman–Crippen LogP) is 2.21. The summed E-state index contributed by atoms with van der Waals surface area (Å²) >= 11 is 0.